The minimum absolute atomic E-state index is 0.0223. The number of carbonyl (C=O) groups is 1. The Morgan fingerprint density at radius 1 is 1.35 bits per heavy atom. The van der Waals surface area contributed by atoms with Gasteiger partial charge in [-0.05, 0) is 51.7 Å². The minimum atomic E-state index is -0.491. The molecule has 2 N–H and O–H groups in total. The highest BCUT2D eigenvalue weighted by atomic mass is 16.6. The van der Waals surface area contributed by atoms with Gasteiger partial charge in [0, 0.05) is 24.5 Å². The van der Waals surface area contributed by atoms with Crippen molar-refractivity contribution in [3.8, 4) is 0 Å². The quantitative estimate of drug-likeness (QED) is 0.901. The summed E-state index contributed by atoms with van der Waals surface area (Å²) in [7, 11) is 0. The van der Waals surface area contributed by atoms with Crippen LogP contribution in [0, 0.1) is 6.92 Å². The molecule has 0 aromatic heterocycles. The van der Waals surface area contributed by atoms with Gasteiger partial charge in [-0.15, -0.1) is 0 Å². The Bertz CT molecular complexity index is 551. The van der Waals surface area contributed by atoms with E-state index in [0.717, 1.165) is 12.8 Å². The van der Waals surface area contributed by atoms with Gasteiger partial charge in [0.1, 0.15) is 5.60 Å². The van der Waals surface area contributed by atoms with Crippen molar-refractivity contribution in [2.45, 2.75) is 71.1 Å². The first-order valence-corrected chi connectivity index (χ1v) is 8.53. The molecule has 1 fully saturated rings. The summed E-state index contributed by atoms with van der Waals surface area (Å²) < 4.78 is 5.60. The maximum atomic E-state index is 12.6. The van der Waals surface area contributed by atoms with Gasteiger partial charge in [-0.25, -0.2) is 4.79 Å². The lowest BCUT2D eigenvalue weighted by atomic mass is 9.82. The lowest BCUT2D eigenvalue weighted by Crippen LogP contribution is -2.57. The van der Waals surface area contributed by atoms with Crippen LogP contribution >= 0.6 is 0 Å². The summed E-state index contributed by atoms with van der Waals surface area (Å²) in [4.78, 5) is 14.5. The number of likely N-dealkylation sites (tertiary alicyclic amines) is 1. The second kappa shape index (κ2) is 6.91. The van der Waals surface area contributed by atoms with E-state index in [4.69, 9.17) is 10.5 Å². The number of benzene rings is 1. The molecule has 1 saturated heterocycles. The van der Waals surface area contributed by atoms with Gasteiger partial charge in [0.05, 0.1) is 0 Å². The summed E-state index contributed by atoms with van der Waals surface area (Å²) in [5.41, 5.74) is 8.46. The Labute approximate surface area is 140 Å². The van der Waals surface area contributed by atoms with Crippen LogP contribution in [0.2, 0.25) is 0 Å². The summed E-state index contributed by atoms with van der Waals surface area (Å²) in [5.74, 6) is 0.265. The van der Waals surface area contributed by atoms with E-state index in [1.165, 1.54) is 11.1 Å². The van der Waals surface area contributed by atoms with Crippen molar-refractivity contribution in [3.05, 3.63) is 35.4 Å². The van der Waals surface area contributed by atoms with E-state index in [0.29, 0.717) is 6.54 Å². The number of rotatable bonds is 2. The Balaban J connectivity index is 2.24. The molecule has 3 unspecified atom stereocenters. The third-order valence-electron chi connectivity index (χ3n) is 4.54. The summed E-state index contributed by atoms with van der Waals surface area (Å²) in [6, 6.07) is 8.38. The van der Waals surface area contributed by atoms with Gasteiger partial charge in [0.2, 0.25) is 0 Å². The van der Waals surface area contributed by atoms with E-state index in [-0.39, 0.29) is 24.1 Å². The first-order chi connectivity index (χ1) is 10.7. The fourth-order valence-electron chi connectivity index (χ4n) is 3.49. The molecule has 4 heteroatoms. The maximum Gasteiger partial charge on any atom is 0.410 e. The van der Waals surface area contributed by atoms with Crippen LogP contribution in [0.4, 0.5) is 4.79 Å². The van der Waals surface area contributed by atoms with Crippen LogP contribution in [0.5, 0.6) is 0 Å². The van der Waals surface area contributed by atoms with Gasteiger partial charge < -0.3 is 15.4 Å². The molecule has 0 aliphatic carbocycles. The normalized spacial score (nSPS) is 25.3. The molecule has 1 aromatic carbocycles. The Morgan fingerprint density at radius 3 is 2.57 bits per heavy atom. The average Bonchev–Trinajstić information content (AvgIpc) is 2.45. The smallest absolute Gasteiger partial charge is 0.410 e. The molecule has 1 amide bonds. The lowest BCUT2D eigenvalue weighted by Gasteiger charge is -2.43. The van der Waals surface area contributed by atoms with Gasteiger partial charge in [-0.3, -0.25) is 0 Å². The van der Waals surface area contributed by atoms with E-state index in [1.807, 2.05) is 31.7 Å². The molecule has 0 radical (unpaired) electrons. The van der Waals surface area contributed by atoms with Gasteiger partial charge in [-0.2, -0.15) is 0 Å². The number of ether oxygens (including phenoxy) is 1. The molecular formula is C19H30N2O2. The van der Waals surface area contributed by atoms with E-state index < -0.39 is 5.60 Å². The topological polar surface area (TPSA) is 55.6 Å². The largest absolute Gasteiger partial charge is 0.444 e. The average molecular weight is 318 g/mol. The number of nitrogens with zero attached hydrogens (tertiary/aromatic N) is 1. The lowest BCUT2D eigenvalue weighted by molar-refractivity contribution is 0.00350. The summed E-state index contributed by atoms with van der Waals surface area (Å²) >= 11 is 0. The highest BCUT2D eigenvalue weighted by molar-refractivity contribution is 5.69. The standard InChI is InChI=1S/C19H30N2O2/c1-6-17-16(20)11-14(15-10-8-7-9-13(15)2)12-21(17)18(22)23-19(3,4)5/h7-10,14,16-17H,6,11-12,20H2,1-5H3. The molecule has 128 valence electrons. The molecule has 0 saturated carbocycles. The molecule has 1 aliphatic heterocycles. The van der Waals surface area contributed by atoms with Crippen molar-refractivity contribution >= 4 is 6.09 Å². The highest BCUT2D eigenvalue weighted by Crippen LogP contribution is 2.33. The van der Waals surface area contributed by atoms with Gasteiger partial charge in [-0.1, -0.05) is 31.2 Å². The number of hydrogen-bond acceptors (Lipinski definition) is 3. The van der Waals surface area contributed by atoms with Crippen LogP contribution in [0.25, 0.3) is 0 Å². The van der Waals surface area contributed by atoms with Crippen LogP contribution in [0.3, 0.4) is 0 Å². The minimum Gasteiger partial charge on any atom is -0.444 e. The van der Waals surface area contributed by atoms with Gasteiger partial charge in [0.15, 0.2) is 0 Å². The zero-order chi connectivity index (χ0) is 17.2. The number of piperidine rings is 1. The third-order valence-corrected chi connectivity index (χ3v) is 4.54. The van der Waals surface area contributed by atoms with Crippen molar-refractivity contribution in [1.82, 2.24) is 4.90 Å². The molecule has 2 rings (SSSR count). The molecule has 3 atom stereocenters. The van der Waals surface area contributed by atoms with Crippen molar-refractivity contribution < 1.29 is 9.53 Å². The highest BCUT2D eigenvalue weighted by Gasteiger charge is 2.38. The number of nitrogens with two attached hydrogens (primary N) is 1. The molecule has 1 heterocycles. The first-order valence-electron chi connectivity index (χ1n) is 8.53. The zero-order valence-electron chi connectivity index (χ0n) is 15.0. The zero-order valence-corrected chi connectivity index (χ0v) is 15.0. The molecule has 1 aliphatic rings. The van der Waals surface area contributed by atoms with Gasteiger partial charge in [0.25, 0.3) is 0 Å². The van der Waals surface area contributed by atoms with Crippen LogP contribution in [0.15, 0.2) is 24.3 Å². The second-order valence-electron chi connectivity index (χ2n) is 7.56. The van der Waals surface area contributed by atoms with E-state index in [2.05, 4.69) is 32.0 Å². The van der Waals surface area contributed by atoms with Crippen molar-refractivity contribution in [2.24, 2.45) is 5.73 Å². The number of carbonyl (C=O) groups excluding carboxylic acids is 1. The van der Waals surface area contributed by atoms with Crippen LogP contribution < -0.4 is 5.73 Å². The first kappa shape index (κ1) is 17.8. The predicted octanol–water partition coefficient (Wildman–Crippen LogP) is 3.83. The fraction of sp³-hybridized carbons (Fsp3) is 0.632. The van der Waals surface area contributed by atoms with Crippen LogP contribution in [-0.4, -0.2) is 35.2 Å². The Hall–Kier alpha value is -1.55. The molecule has 0 bridgehead atoms. The number of hydrogen-bond donors (Lipinski definition) is 1. The van der Waals surface area contributed by atoms with Crippen molar-refractivity contribution in [1.29, 1.82) is 0 Å². The SMILES string of the molecule is CCC1C(N)CC(c2ccccc2C)CN1C(=O)OC(C)(C)C. The Kier molecular flexibility index (Phi) is 5.35. The fourth-order valence-corrected chi connectivity index (χ4v) is 3.49. The van der Waals surface area contributed by atoms with Crippen LogP contribution in [0.1, 0.15) is 57.6 Å². The molecule has 4 nitrogen and oxygen atoms in total. The second-order valence-corrected chi connectivity index (χ2v) is 7.56. The predicted molar refractivity (Wildman–Crippen MR) is 93.5 cm³/mol. The molecule has 23 heavy (non-hydrogen) atoms. The molecule has 1 aromatic rings. The summed E-state index contributed by atoms with van der Waals surface area (Å²) in [6.07, 6.45) is 1.50. The van der Waals surface area contributed by atoms with E-state index in [1.54, 1.807) is 0 Å². The van der Waals surface area contributed by atoms with Crippen molar-refractivity contribution in [2.75, 3.05) is 6.54 Å². The van der Waals surface area contributed by atoms with Crippen molar-refractivity contribution in [3.63, 3.8) is 0 Å². The third kappa shape index (κ3) is 4.25. The number of amides is 1. The summed E-state index contributed by atoms with van der Waals surface area (Å²) in [5, 5.41) is 0. The van der Waals surface area contributed by atoms with Crippen LogP contribution in [-0.2, 0) is 4.74 Å². The van der Waals surface area contributed by atoms with Gasteiger partial charge >= 0.3 is 6.09 Å². The maximum absolute atomic E-state index is 12.6. The molecule has 0 spiro atoms. The monoisotopic (exact) mass is 318 g/mol. The Morgan fingerprint density at radius 2 is 2.00 bits per heavy atom. The number of aryl methyl sites for hydroxylation is 1. The molecular weight excluding hydrogens is 288 g/mol. The van der Waals surface area contributed by atoms with E-state index >= 15 is 0 Å². The van der Waals surface area contributed by atoms with E-state index in [9.17, 15) is 4.79 Å². The summed E-state index contributed by atoms with van der Waals surface area (Å²) in [6.45, 7) is 10.6.